The van der Waals surface area contributed by atoms with Gasteiger partial charge in [0.05, 0.1) is 12.1 Å². The van der Waals surface area contributed by atoms with Crippen molar-refractivity contribution in [1.82, 2.24) is 4.90 Å². The second-order valence-corrected chi connectivity index (χ2v) is 3.59. The van der Waals surface area contributed by atoms with E-state index >= 15 is 0 Å². The van der Waals surface area contributed by atoms with E-state index in [9.17, 15) is 10.2 Å². The Kier molecular flexibility index (Phi) is 1.88. The van der Waals surface area contributed by atoms with Crippen molar-refractivity contribution in [3.63, 3.8) is 0 Å². The van der Waals surface area contributed by atoms with Gasteiger partial charge in [0.2, 0.25) is 5.79 Å². The zero-order valence-corrected chi connectivity index (χ0v) is 7.23. The summed E-state index contributed by atoms with van der Waals surface area (Å²) in [4.78, 5) is 2.07. The average molecular weight is 173 g/mol. The van der Waals surface area contributed by atoms with Crippen LogP contribution in [0, 0.1) is 0 Å². The molecule has 2 saturated heterocycles. The van der Waals surface area contributed by atoms with Crippen LogP contribution in [0.2, 0.25) is 0 Å². The Hall–Kier alpha value is -0.160. The lowest BCUT2D eigenvalue weighted by atomic mass is 10.1. The number of fused-ring (bicyclic) bond motifs is 1. The van der Waals surface area contributed by atoms with Gasteiger partial charge in [-0.2, -0.15) is 0 Å². The summed E-state index contributed by atoms with van der Waals surface area (Å²) in [5, 5.41) is 19.1. The van der Waals surface area contributed by atoms with Gasteiger partial charge >= 0.3 is 0 Å². The highest BCUT2D eigenvalue weighted by molar-refractivity contribution is 5.00. The van der Waals surface area contributed by atoms with Crippen LogP contribution >= 0.6 is 0 Å². The van der Waals surface area contributed by atoms with E-state index in [0.717, 1.165) is 19.5 Å². The van der Waals surface area contributed by atoms with E-state index in [4.69, 9.17) is 4.74 Å². The number of likely N-dealkylation sites (N-methyl/N-ethyl adjacent to an activating group) is 1. The molecule has 70 valence electrons. The van der Waals surface area contributed by atoms with Crippen molar-refractivity contribution in [1.29, 1.82) is 0 Å². The first kappa shape index (κ1) is 8.44. The largest absolute Gasteiger partial charge is 0.371 e. The Morgan fingerprint density at radius 3 is 3.00 bits per heavy atom. The molecule has 0 aliphatic carbocycles. The molecule has 0 saturated carbocycles. The number of likely N-dealkylation sites (tertiary alicyclic amines) is 1. The highest BCUT2D eigenvalue weighted by Gasteiger charge is 2.53. The SMILES string of the molecule is CCN1CC[C@H]2OCC(O)(O)[C@H]21. The van der Waals surface area contributed by atoms with Crippen LogP contribution in [0.25, 0.3) is 0 Å². The van der Waals surface area contributed by atoms with Gasteiger partial charge in [-0.1, -0.05) is 6.92 Å². The maximum absolute atomic E-state index is 9.56. The Morgan fingerprint density at radius 1 is 1.58 bits per heavy atom. The van der Waals surface area contributed by atoms with Gasteiger partial charge in [-0.3, -0.25) is 4.90 Å². The standard InChI is InChI=1S/C8H15NO3/c1-2-9-4-3-6-7(9)8(10,11)5-12-6/h6-7,10-11H,2-5H2,1H3/t6-,7+/m1/s1. The van der Waals surface area contributed by atoms with E-state index in [1.54, 1.807) is 0 Å². The van der Waals surface area contributed by atoms with E-state index in [0.29, 0.717) is 0 Å². The van der Waals surface area contributed by atoms with Crippen LogP contribution in [0.1, 0.15) is 13.3 Å². The molecule has 0 aromatic heterocycles. The molecular formula is C8H15NO3. The molecule has 2 rings (SSSR count). The molecule has 0 bridgehead atoms. The Labute approximate surface area is 71.7 Å². The molecule has 2 fully saturated rings. The Morgan fingerprint density at radius 2 is 2.33 bits per heavy atom. The fourth-order valence-electron chi connectivity index (χ4n) is 2.26. The number of nitrogens with zero attached hydrogens (tertiary/aromatic N) is 1. The summed E-state index contributed by atoms with van der Waals surface area (Å²) < 4.78 is 5.28. The summed E-state index contributed by atoms with van der Waals surface area (Å²) >= 11 is 0. The number of ether oxygens (including phenoxy) is 1. The predicted octanol–water partition coefficient (Wildman–Crippen LogP) is -0.840. The topological polar surface area (TPSA) is 52.9 Å². The highest BCUT2D eigenvalue weighted by atomic mass is 16.6. The normalized spacial score (nSPS) is 40.2. The molecule has 0 unspecified atom stereocenters. The van der Waals surface area contributed by atoms with Gasteiger partial charge in [-0.05, 0) is 13.0 Å². The zero-order chi connectivity index (χ0) is 8.77. The molecule has 0 spiro atoms. The lowest BCUT2D eigenvalue weighted by Crippen LogP contribution is -2.50. The van der Waals surface area contributed by atoms with Gasteiger partial charge in [0.15, 0.2) is 0 Å². The molecule has 4 heteroatoms. The first-order chi connectivity index (χ1) is 5.65. The molecule has 0 amide bonds. The second kappa shape index (κ2) is 2.67. The number of rotatable bonds is 1. The molecule has 0 aromatic carbocycles. The van der Waals surface area contributed by atoms with Crippen molar-refractivity contribution in [3.05, 3.63) is 0 Å². The third kappa shape index (κ3) is 1.07. The van der Waals surface area contributed by atoms with Crippen LogP contribution < -0.4 is 0 Å². The van der Waals surface area contributed by atoms with Crippen LogP contribution in [0.4, 0.5) is 0 Å². The summed E-state index contributed by atoms with van der Waals surface area (Å²) in [6.45, 7) is 3.84. The maximum atomic E-state index is 9.56. The van der Waals surface area contributed by atoms with Crippen LogP contribution in [-0.4, -0.2) is 52.7 Å². The Balaban J connectivity index is 2.16. The molecular weight excluding hydrogens is 158 g/mol. The molecule has 4 nitrogen and oxygen atoms in total. The Bertz CT molecular complexity index is 183. The number of hydrogen-bond acceptors (Lipinski definition) is 4. The van der Waals surface area contributed by atoms with Crippen molar-refractivity contribution < 1.29 is 14.9 Å². The summed E-state index contributed by atoms with van der Waals surface area (Å²) in [7, 11) is 0. The maximum Gasteiger partial charge on any atom is 0.205 e. The average Bonchev–Trinajstić information content (AvgIpc) is 2.53. The van der Waals surface area contributed by atoms with E-state index in [2.05, 4.69) is 4.90 Å². The third-order valence-electron chi connectivity index (χ3n) is 2.84. The van der Waals surface area contributed by atoms with Crippen molar-refractivity contribution in [2.45, 2.75) is 31.3 Å². The summed E-state index contributed by atoms with van der Waals surface area (Å²) in [6, 6.07) is -0.206. The molecule has 0 radical (unpaired) electrons. The lowest BCUT2D eigenvalue weighted by Gasteiger charge is -2.29. The molecule has 2 aliphatic rings. The number of aliphatic hydroxyl groups is 2. The monoisotopic (exact) mass is 173 g/mol. The van der Waals surface area contributed by atoms with Crippen molar-refractivity contribution in [2.75, 3.05) is 19.7 Å². The van der Waals surface area contributed by atoms with Crippen molar-refractivity contribution in [3.8, 4) is 0 Å². The zero-order valence-electron chi connectivity index (χ0n) is 7.23. The van der Waals surface area contributed by atoms with Crippen LogP contribution in [0.3, 0.4) is 0 Å². The fraction of sp³-hybridized carbons (Fsp3) is 1.00. The highest BCUT2D eigenvalue weighted by Crippen LogP contribution is 2.33. The lowest BCUT2D eigenvalue weighted by molar-refractivity contribution is -0.186. The van der Waals surface area contributed by atoms with Gasteiger partial charge in [0.25, 0.3) is 0 Å². The third-order valence-corrected chi connectivity index (χ3v) is 2.84. The summed E-state index contributed by atoms with van der Waals surface area (Å²) in [6.07, 6.45) is 0.946. The van der Waals surface area contributed by atoms with Gasteiger partial charge < -0.3 is 14.9 Å². The van der Waals surface area contributed by atoms with Gasteiger partial charge in [-0.15, -0.1) is 0 Å². The summed E-state index contributed by atoms with van der Waals surface area (Å²) in [5.41, 5.74) is 0. The minimum absolute atomic E-state index is 0.0277. The smallest absolute Gasteiger partial charge is 0.205 e. The van der Waals surface area contributed by atoms with Gasteiger partial charge in [-0.25, -0.2) is 0 Å². The first-order valence-electron chi connectivity index (χ1n) is 4.45. The van der Waals surface area contributed by atoms with Gasteiger partial charge in [0, 0.05) is 6.54 Å². The number of hydrogen-bond donors (Lipinski definition) is 2. The van der Waals surface area contributed by atoms with Crippen LogP contribution in [-0.2, 0) is 4.74 Å². The van der Waals surface area contributed by atoms with Crippen molar-refractivity contribution >= 4 is 0 Å². The second-order valence-electron chi connectivity index (χ2n) is 3.59. The quantitative estimate of drug-likeness (QED) is 0.508. The molecule has 2 N–H and O–H groups in total. The molecule has 2 heterocycles. The minimum atomic E-state index is -1.63. The molecule has 2 atom stereocenters. The van der Waals surface area contributed by atoms with E-state index in [1.807, 2.05) is 6.92 Å². The minimum Gasteiger partial charge on any atom is -0.371 e. The molecule has 2 aliphatic heterocycles. The van der Waals surface area contributed by atoms with Crippen molar-refractivity contribution in [2.24, 2.45) is 0 Å². The fourth-order valence-corrected chi connectivity index (χ4v) is 2.26. The van der Waals surface area contributed by atoms with Crippen LogP contribution in [0.15, 0.2) is 0 Å². The van der Waals surface area contributed by atoms with Gasteiger partial charge in [0.1, 0.15) is 6.61 Å². The van der Waals surface area contributed by atoms with Crippen LogP contribution in [0.5, 0.6) is 0 Å². The summed E-state index contributed by atoms with van der Waals surface area (Å²) in [5.74, 6) is -1.63. The van der Waals surface area contributed by atoms with E-state index in [-0.39, 0.29) is 18.8 Å². The molecule has 12 heavy (non-hydrogen) atoms. The first-order valence-corrected chi connectivity index (χ1v) is 4.45. The predicted molar refractivity (Wildman–Crippen MR) is 42.6 cm³/mol. The van der Waals surface area contributed by atoms with E-state index < -0.39 is 5.79 Å². The molecule has 0 aromatic rings. The van der Waals surface area contributed by atoms with E-state index in [1.165, 1.54) is 0 Å².